The van der Waals surface area contributed by atoms with E-state index in [1.54, 1.807) is 17.2 Å². The number of carbonyl (C=O) groups excluding carboxylic acids is 1. The lowest BCUT2D eigenvalue weighted by Crippen LogP contribution is -2.46. The van der Waals surface area contributed by atoms with Crippen molar-refractivity contribution in [2.24, 2.45) is 5.92 Å². The van der Waals surface area contributed by atoms with Crippen LogP contribution in [-0.2, 0) is 34.1 Å². The lowest BCUT2D eigenvalue weighted by Gasteiger charge is -2.39. The highest BCUT2D eigenvalue weighted by Gasteiger charge is 2.47. The normalized spacial score (nSPS) is 19.0. The van der Waals surface area contributed by atoms with Gasteiger partial charge in [0.1, 0.15) is 23.3 Å². The Kier molecular flexibility index (Phi) is 9.39. The van der Waals surface area contributed by atoms with Crippen LogP contribution in [0.3, 0.4) is 0 Å². The summed E-state index contributed by atoms with van der Waals surface area (Å²) in [5, 5.41) is 18.7. The van der Waals surface area contributed by atoms with E-state index in [4.69, 9.17) is 19.2 Å². The van der Waals surface area contributed by atoms with Gasteiger partial charge in [-0.2, -0.15) is 10.4 Å². The maximum absolute atomic E-state index is 13.6. The number of imidazole rings is 1. The molecule has 0 bridgehead atoms. The molecule has 6 rings (SSSR count). The van der Waals surface area contributed by atoms with Crippen molar-refractivity contribution in [2.45, 2.75) is 110 Å². The Morgan fingerprint density at radius 1 is 1.14 bits per heavy atom. The molecule has 51 heavy (non-hydrogen) atoms. The molecule has 1 unspecified atom stereocenters. The van der Waals surface area contributed by atoms with Crippen molar-refractivity contribution in [1.82, 2.24) is 29.3 Å². The highest BCUT2D eigenvalue weighted by molar-refractivity contribution is 6.74. The van der Waals surface area contributed by atoms with Gasteiger partial charge in [0.05, 0.1) is 22.6 Å². The van der Waals surface area contributed by atoms with Crippen LogP contribution in [0.25, 0.3) is 11.3 Å². The molecule has 0 radical (unpaired) electrons. The van der Waals surface area contributed by atoms with E-state index in [2.05, 4.69) is 66.7 Å². The summed E-state index contributed by atoms with van der Waals surface area (Å²) in [6.07, 6.45) is 7.10. The number of ether oxygens (including phenoxy) is 1. The summed E-state index contributed by atoms with van der Waals surface area (Å²) in [4.78, 5) is 29.2. The summed E-state index contributed by atoms with van der Waals surface area (Å²) in [5.41, 5.74) is 2.80. The summed E-state index contributed by atoms with van der Waals surface area (Å²) in [7, 11) is -2.14. The van der Waals surface area contributed by atoms with Gasteiger partial charge in [0, 0.05) is 68.3 Å². The smallest absolute Gasteiger partial charge is 0.414 e. The maximum Gasteiger partial charge on any atom is 0.414 e. The molecular formula is C38H51N9O3Si. The van der Waals surface area contributed by atoms with Crippen molar-refractivity contribution in [2.75, 3.05) is 23.4 Å². The third-order valence-corrected chi connectivity index (χ3v) is 14.9. The van der Waals surface area contributed by atoms with Gasteiger partial charge in [-0.1, -0.05) is 27.7 Å². The van der Waals surface area contributed by atoms with Crippen LogP contribution in [0.2, 0.25) is 18.1 Å². The van der Waals surface area contributed by atoms with Crippen LogP contribution in [0, 0.1) is 24.2 Å². The molecule has 0 spiro atoms. The first kappa shape index (κ1) is 36.3. The van der Waals surface area contributed by atoms with Crippen LogP contribution in [-0.4, -0.2) is 62.5 Å². The molecular weight excluding hydrogens is 659 g/mol. The molecule has 0 aliphatic carbocycles. The van der Waals surface area contributed by atoms with Gasteiger partial charge in [-0.3, -0.25) is 4.90 Å². The lowest BCUT2D eigenvalue weighted by molar-refractivity contribution is 0.0575. The van der Waals surface area contributed by atoms with Gasteiger partial charge in [0.15, 0.2) is 8.32 Å². The van der Waals surface area contributed by atoms with Crippen molar-refractivity contribution in [3.8, 4) is 17.3 Å². The molecule has 2 aliphatic rings. The molecule has 13 heteroatoms. The van der Waals surface area contributed by atoms with E-state index in [1.165, 1.54) is 0 Å². The highest BCUT2D eigenvalue weighted by atomic mass is 28.4. The number of aryl methyl sites for hydroxylation is 2. The van der Waals surface area contributed by atoms with Gasteiger partial charge in [-0.15, -0.1) is 0 Å². The topological polar surface area (TPSA) is 136 Å². The van der Waals surface area contributed by atoms with Crippen LogP contribution in [0.4, 0.5) is 22.2 Å². The zero-order valence-corrected chi connectivity index (χ0v) is 32.7. The minimum Gasteiger partial charge on any atom is -0.443 e. The molecule has 1 amide bonds. The molecule has 0 saturated carbocycles. The predicted molar refractivity (Wildman–Crippen MR) is 201 cm³/mol. The summed E-state index contributed by atoms with van der Waals surface area (Å²) in [6.45, 7) is 23.1. The zero-order valence-electron chi connectivity index (χ0n) is 31.7. The fraction of sp³-hybridized carbons (Fsp3) is 0.526. The Labute approximate surface area is 302 Å². The highest BCUT2D eigenvalue weighted by Crippen LogP contribution is 2.47. The fourth-order valence-corrected chi connectivity index (χ4v) is 7.69. The minimum atomic E-state index is -2.14. The van der Waals surface area contributed by atoms with Crippen LogP contribution >= 0.6 is 0 Å². The molecule has 270 valence electrons. The van der Waals surface area contributed by atoms with E-state index >= 15 is 0 Å². The summed E-state index contributed by atoms with van der Waals surface area (Å²) in [6, 6.07) is 10.0. The van der Waals surface area contributed by atoms with Crippen molar-refractivity contribution in [1.29, 1.82) is 5.26 Å². The Balaban J connectivity index is 1.32. The average molecular weight is 710 g/mol. The van der Waals surface area contributed by atoms with Gasteiger partial charge in [-0.05, 0) is 81.9 Å². The van der Waals surface area contributed by atoms with Gasteiger partial charge < -0.3 is 19.0 Å². The van der Waals surface area contributed by atoms with E-state index in [0.29, 0.717) is 42.0 Å². The van der Waals surface area contributed by atoms with Crippen LogP contribution < -0.4 is 10.2 Å². The Hall–Kier alpha value is -4.54. The molecule has 0 fully saturated rings. The molecule has 1 aromatic carbocycles. The number of hydrogen-bond acceptors (Lipinski definition) is 9. The number of nitrogens with one attached hydrogen (secondary N) is 1. The van der Waals surface area contributed by atoms with Crippen molar-refractivity contribution in [3.05, 3.63) is 65.5 Å². The number of carbonyl (C=O) groups is 1. The molecule has 2 atom stereocenters. The number of aromatic nitrogens is 6. The van der Waals surface area contributed by atoms with Gasteiger partial charge in [0.2, 0.25) is 5.95 Å². The quantitative estimate of drug-likeness (QED) is 0.182. The fourth-order valence-electron chi connectivity index (χ4n) is 6.58. The number of rotatable bonds is 8. The number of benzene rings is 1. The van der Waals surface area contributed by atoms with Crippen LogP contribution in [0.5, 0.6) is 0 Å². The lowest BCUT2D eigenvalue weighted by atomic mass is 9.83. The second kappa shape index (κ2) is 13.2. The number of nitrogens with zero attached hydrogens (tertiary/aromatic N) is 8. The summed E-state index contributed by atoms with van der Waals surface area (Å²) in [5.74, 6) is 2.77. The van der Waals surface area contributed by atoms with E-state index in [-0.39, 0.29) is 5.04 Å². The van der Waals surface area contributed by atoms with E-state index < -0.39 is 25.4 Å². The average Bonchev–Trinajstić information content (AvgIpc) is 3.74. The molecule has 2 aliphatic heterocycles. The maximum atomic E-state index is 13.6. The van der Waals surface area contributed by atoms with E-state index in [9.17, 15) is 10.1 Å². The number of anilines is 3. The minimum absolute atomic E-state index is 0.00735. The van der Waals surface area contributed by atoms with Gasteiger partial charge in [-0.25, -0.2) is 24.4 Å². The number of fused-ring (bicyclic) bond motifs is 2. The van der Waals surface area contributed by atoms with Gasteiger partial charge in [0.25, 0.3) is 0 Å². The molecule has 3 aromatic heterocycles. The van der Waals surface area contributed by atoms with Crippen LogP contribution in [0.1, 0.15) is 77.5 Å². The summed E-state index contributed by atoms with van der Waals surface area (Å²) < 4.78 is 16.8. The first-order valence-electron chi connectivity index (χ1n) is 17.7. The van der Waals surface area contributed by atoms with Crippen molar-refractivity contribution in [3.63, 3.8) is 0 Å². The standard InChI is InChI=1S/C38H51N9O3Si/c1-25-17-32(47(44-25)22-26-12-15-45-16-14-40-31(45)18-26)43-34-41-13-11-30(42-34)27-19-28(21-39)33-29(20-27)38(8,24-49-51(9,10)37(5,6)7)23-46(33)35(48)50-36(2,3)4/h11,13-14,16-17,19-20,26H,12,15,18,22-24H2,1-10H3,(H,41,42,43)/t26?,38-/m1/s1. The monoisotopic (exact) mass is 709 g/mol. The van der Waals surface area contributed by atoms with E-state index in [1.807, 2.05) is 63.0 Å². The second-order valence-electron chi connectivity index (χ2n) is 16.8. The number of nitriles is 1. The first-order chi connectivity index (χ1) is 23.9. The third kappa shape index (κ3) is 7.57. The number of amides is 1. The van der Waals surface area contributed by atoms with Gasteiger partial charge >= 0.3 is 6.09 Å². The van der Waals surface area contributed by atoms with E-state index in [0.717, 1.165) is 54.4 Å². The molecule has 5 heterocycles. The largest absolute Gasteiger partial charge is 0.443 e. The first-order valence-corrected chi connectivity index (χ1v) is 20.6. The summed E-state index contributed by atoms with van der Waals surface area (Å²) >= 11 is 0. The third-order valence-electron chi connectivity index (χ3n) is 10.4. The molecule has 4 aromatic rings. The number of hydrogen-bond donors (Lipinski definition) is 1. The Bertz CT molecular complexity index is 1980. The molecule has 1 N–H and O–H groups in total. The molecule has 12 nitrogen and oxygen atoms in total. The zero-order chi connectivity index (χ0) is 36.9. The SMILES string of the molecule is Cc1cc(Nc2nccc(-c3cc(C#N)c4c(c3)[C@@](C)(CO[Si](C)(C)C(C)(C)C)CN4C(=O)OC(C)(C)C)n2)n(CC2CCn3ccnc3C2)n1. The second-order valence-corrected chi connectivity index (χ2v) is 21.7. The Morgan fingerprint density at radius 3 is 2.61 bits per heavy atom. The van der Waals surface area contributed by atoms with Crippen molar-refractivity contribution >= 4 is 31.9 Å². The van der Waals surface area contributed by atoms with Crippen LogP contribution in [0.15, 0.2) is 42.9 Å². The predicted octanol–water partition coefficient (Wildman–Crippen LogP) is 7.76. The Morgan fingerprint density at radius 2 is 1.90 bits per heavy atom. The molecule has 0 saturated heterocycles. The van der Waals surface area contributed by atoms with Crippen molar-refractivity contribution < 1.29 is 14.0 Å².